The summed E-state index contributed by atoms with van der Waals surface area (Å²) in [6.07, 6.45) is -0.840. The molecular weight excluding hydrogens is 369 g/mol. The summed E-state index contributed by atoms with van der Waals surface area (Å²) in [5.74, 6) is -0.465. The highest BCUT2D eigenvalue weighted by Gasteiger charge is 2.30. The molecule has 0 saturated carbocycles. The number of nitrogens with one attached hydrogen (secondary N) is 1. The Hall–Kier alpha value is -3.09. The van der Waals surface area contributed by atoms with Crippen LogP contribution >= 0.6 is 0 Å². The summed E-state index contributed by atoms with van der Waals surface area (Å²) in [4.78, 5) is 25.9. The molecule has 1 N–H and O–H groups in total. The second-order valence-corrected chi connectivity index (χ2v) is 6.56. The van der Waals surface area contributed by atoms with Gasteiger partial charge in [0.25, 0.3) is 0 Å². The van der Waals surface area contributed by atoms with Crippen molar-refractivity contribution in [1.82, 2.24) is 10.2 Å². The van der Waals surface area contributed by atoms with E-state index in [-0.39, 0.29) is 24.8 Å². The van der Waals surface area contributed by atoms with Gasteiger partial charge in [0, 0.05) is 19.7 Å². The topological polar surface area (TPSA) is 49.4 Å². The lowest BCUT2D eigenvalue weighted by Gasteiger charge is -2.32. The van der Waals surface area contributed by atoms with Crippen molar-refractivity contribution < 1.29 is 22.8 Å². The van der Waals surface area contributed by atoms with Crippen molar-refractivity contribution in [3.8, 4) is 0 Å². The molecule has 0 fully saturated rings. The van der Waals surface area contributed by atoms with Crippen LogP contribution in [0.2, 0.25) is 0 Å². The number of halogens is 3. The number of fused-ring (bicyclic) bond motifs is 1. The quantitative estimate of drug-likeness (QED) is 0.850. The fourth-order valence-electron chi connectivity index (χ4n) is 3.17. The highest BCUT2D eigenvalue weighted by Crippen LogP contribution is 2.33. The van der Waals surface area contributed by atoms with E-state index in [9.17, 15) is 22.8 Å². The highest BCUT2D eigenvalue weighted by atomic mass is 19.4. The summed E-state index contributed by atoms with van der Waals surface area (Å²) in [7, 11) is 0. The largest absolute Gasteiger partial charge is 0.416 e. The summed E-state index contributed by atoms with van der Waals surface area (Å²) >= 11 is 0. The van der Waals surface area contributed by atoms with Crippen LogP contribution in [-0.2, 0) is 22.3 Å². The lowest BCUT2D eigenvalue weighted by Crippen LogP contribution is -2.35. The number of hydrogen-bond acceptors (Lipinski definition) is 2. The van der Waals surface area contributed by atoms with E-state index >= 15 is 0 Å². The van der Waals surface area contributed by atoms with Gasteiger partial charge in [-0.05, 0) is 34.9 Å². The predicted octanol–water partition coefficient (Wildman–Crippen LogP) is 4.29. The minimum atomic E-state index is -4.39. The maximum absolute atomic E-state index is 12.6. The van der Waals surface area contributed by atoms with Crippen LogP contribution in [0.4, 0.5) is 13.2 Å². The van der Waals surface area contributed by atoms with Gasteiger partial charge in [0.1, 0.15) is 0 Å². The number of amides is 2. The summed E-state index contributed by atoms with van der Waals surface area (Å²) in [6, 6.07) is 11.7. The van der Waals surface area contributed by atoms with Gasteiger partial charge in [-0.15, -0.1) is 0 Å². The first kappa shape index (κ1) is 19.7. The van der Waals surface area contributed by atoms with Gasteiger partial charge in [-0.2, -0.15) is 13.2 Å². The van der Waals surface area contributed by atoms with Crippen LogP contribution in [0.5, 0.6) is 0 Å². The smallest absolute Gasteiger partial charge is 0.352 e. The SMILES string of the molecule is CC(=O)N1C=Cc2ccccc2[C@@H]1CC(=O)NCc1ccc(C(F)(F)F)cc1. The van der Waals surface area contributed by atoms with Gasteiger partial charge in [0.15, 0.2) is 0 Å². The first-order chi connectivity index (χ1) is 13.3. The Labute approximate surface area is 160 Å². The molecule has 0 saturated heterocycles. The molecule has 0 aliphatic carbocycles. The Morgan fingerprint density at radius 1 is 1.07 bits per heavy atom. The van der Waals surface area contributed by atoms with Gasteiger partial charge in [0.2, 0.25) is 11.8 Å². The third-order valence-corrected chi connectivity index (χ3v) is 4.62. The number of rotatable bonds is 4. The Bertz CT molecular complexity index is 905. The van der Waals surface area contributed by atoms with Crippen molar-refractivity contribution >= 4 is 17.9 Å². The maximum Gasteiger partial charge on any atom is 0.416 e. The van der Waals surface area contributed by atoms with Crippen LogP contribution in [0.1, 0.15) is 41.6 Å². The molecule has 0 unspecified atom stereocenters. The lowest BCUT2D eigenvalue weighted by molar-refractivity contribution is -0.137. The molecule has 0 spiro atoms. The fourth-order valence-corrected chi connectivity index (χ4v) is 3.17. The van der Waals surface area contributed by atoms with Crippen LogP contribution in [-0.4, -0.2) is 16.7 Å². The predicted molar refractivity (Wildman–Crippen MR) is 98.6 cm³/mol. The minimum absolute atomic E-state index is 0.0571. The molecule has 0 radical (unpaired) electrons. The molecule has 28 heavy (non-hydrogen) atoms. The van der Waals surface area contributed by atoms with E-state index in [2.05, 4.69) is 5.32 Å². The molecular formula is C21H19F3N2O2. The van der Waals surface area contributed by atoms with Gasteiger partial charge in [-0.3, -0.25) is 9.59 Å². The van der Waals surface area contributed by atoms with Gasteiger partial charge in [-0.1, -0.05) is 36.4 Å². The van der Waals surface area contributed by atoms with Gasteiger partial charge < -0.3 is 10.2 Å². The number of carbonyl (C=O) groups is 2. The molecule has 1 atom stereocenters. The zero-order chi connectivity index (χ0) is 20.3. The number of benzene rings is 2. The average molecular weight is 388 g/mol. The lowest BCUT2D eigenvalue weighted by atomic mass is 9.93. The summed E-state index contributed by atoms with van der Waals surface area (Å²) in [5, 5.41) is 2.71. The van der Waals surface area contributed by atoms with Crippen molar-refractivity contribution in [3.63, 3.8) is 0 Å². The average Bonchev–Trinajstić information content (AvgIpc) is 2.66. The number of hydrogen-bond donors (Lipinski definition) is 1. The van der Waals surface area contributed by atoms with Crippen molar-refractivity contribution in [2.45, 2.75) is 32.1 Å². The first-order valence-electron chi connectivity index (χ1n) is 8.74. The van der Waals surface area contributed by atoms with E-state index < -0.39 is 17.8 Å². The van der Waals surface area contributed by atoms with Crippen LogP contribution in [0.25, 0.3) is 6.08 Å². The monoisotopic (exact) mass is 388 g/mol. The van der Waals surface area contributed by atoms with Gasteiger partial charge in [-0.25, -0.2) is 0 Å². The molecule has 4 nitrogen and oxygen atoms in total. The molecule has 0 bridgehead atoms. The number of nitrogens with zero attached hydrogens (tertiary/aromatic N) is 1. The van der Waals surface area contributed by atoms with Gasteiger partial charge >= 0.3 is 6.18 Å². The van der Waals surface area contributed by atoms with Crippen molar-refractivity contribution in [2.75, 3.05) is 0 Å². The number of alkyl halides is 3. The zero-order valence-electron chi connectivity index (χ0n) is 15.2. The maximum atomic E-state index is 12.6. The first-order valence-corrected chi connectivity index (χ1v) is 8.74. The van der Waals surface area contributed by atoms with E-state index in [0.717, 1.165) is 23.3 Å². The Balaban J connectivity index is 1.66. The molecule has 2 aromatic rings. The minimum Gasteiger partial charge on any atom is -0.352 e. The summed E-state index contributed by atoms with van der Waals surface area (Å²) in [5.41, 5.74) is 1.66. The van der Waals surface area contributed by atoms with E-state index in [1.54, 1.807) is 6.20 Å². The molecule has 1 aliphatic heterocycles. The van der Waals surface area contributed by atoms with E-state index in [1.165, 1.54) is 24.0 Å². The molecule has 0 aromatic heterocycles. The molecule has 146 valence electrons. The van der Waals surface area contributed by atoms with Crippen LogP contribution < -0.4 is 5.32 Å². The number of carbonyl (C=O) groups excluding carboxylic acids is 2. The molecule has 7 heteroatoms. The fraction of sp³-hybridized carbons (Fsp3) is 0.238. The van der Waals surface area contributed by atoms with E-state index in [0.29, 0.717) is 5.56 Å². The van der Waals surface area contributed by atoms with Crippen molar-refractivity contribution in [3.05, 3.63) is 77.0 Å². The molecule has 3 rings (SSSR count). The standard InChI is InChI=1S/C21H19F3N2O2/c1-14(27)26-11-10-16-4-2-3-5-18(16)19(26)12-20(28)25-13-15-6-8-17(9-7-15)21(22,23)24/h2-11,19H,12-13H2,1H3,(H,25,28)/t19-/m0/s1. The van der Waals surface area contributed by atoms with Crippen molar-refractivity contribution in [1.29, 1.82) is 0 Å². The third-order valence-electron chi connectivity index (χ3n) is 4.62. The highest BCUT2D eigenvalue weighted by molar-refractivity contribution is 5.81. The van der Waals surface area contributed by atoms with Crippen molar-refractivity contribution in [2.24, 2.45) is 0 Å². The molecule has 2 aromatic carbocycles. The molecule has 1 heterocycles. The molecule has 2 amide bonds. The Kier molecular flexibility index (Phi) is 5.53. The second kappa shape index (κ2) is 7.88. The second-order valence-electron chi connectivity index (χ2n) is 6.56. The van der Waals surface area contributed by atoms with Crippen LogP contribution in [0.15, 0.2) is 54.7 Å². The Morgan fingerprint density at radius 3 is 2.39 bits per heavy atom. The third kappa shape index (κ3) is 4.42. The van der Waals surface area contributed by atoms with Crippen LogP contribution in [0, 0.1) is 0 Å². The van der Waals surface area contributed by atoms with Gasteiger partial charge in [0.05, 0.1) is 18.0 Å². The summed E-state index contributed by atoms with van der Waals surface area (Å²) in [6.45, 7) is 1.55. The Morgan fingerprint density at radius 2 is 1.75 bits per heavy atom. The zero-order valence-corrected chi connectivity index (χ0v) is 15.2. The van der Waals surface area contributed by atoms with E-state index in [1.807, 2.05) is 30.3 Å². The normalized spacial score (nSPS) is 15.9. The van der Waals surface area contributed by atoms with E-state index in [4.69, 9.17) is 0 Å². The summed E-state index contributed by atoms with van der Waals surface area (Å²) < 4.78 is 37.8. The molecule has 1 aliphatic rings. The van der Waals surface area contributed by atoms with Crippen LogP contribution in [0.3, 0.4) is 0 Å².